The molecule has 0 saturated carbocycles. The molecule has 1 atom stereocenters. The van der Waals surface area contributed by atoms with E-state index in [1.54, 1.807) is 0 Å². The van der Waals surface area contributed by atoms with Crippen molar-refractivity contribution >= 4 is 39.0 Å². The summed E-state index contributed by atoms with van der Waals surface area (Å²) in [5.41, 5.74) is 0. The Morgan fingerprint density at radius 2 is 1.94 bits per heavy atom. The molecule has 1 N–H and O–H groups in total. The van der Waals surface area contributed by atoms with Crippen LogP contribution in [0.2, 0.25) is 0 Å². The first-order chi connectivity index (χ1) is 8.69. The van der Waals surface area contributed by atoms with Crippen LogP contribution in [0.15, 0.2) is 45.8 Å². The van der Waals surface area contributed by atoms with Crippen LogP contribution in [0.25, 0.3) is 0 Å². The van der Waals surface area contributed by atoms with Crippen molar-refractivity contribution < 1.29 is 0 Å². The summed E-state index contributed by atoms with van der Waals surface area (Å²) in [5, 5.41) is 3.39. The number of nitrogens with one attached hydrogen (secondary N) is 1. The summed E-state index contributed by atoms with van der Waals surface area (Å²) in [5.74, 6) is 1.05. The quantitative estimate of drug-likeness (QED) is 0.778. The predicted octanol–water partition coefficient (Wildman–Crippen LogP) is 4.87. The number of aryl methyl sites for hydroxylation is 1. The van der Waals surface area contributed by atoms with Crippen LogP contribution < -0.4 is 5.32 Å². The lowest BCUT2D eigenvalue weighted by Crippen LogP contribution is -2.17. The Morgan fingerprint density at radius 1 is 1.22 bits per heavy atom. The maximum atomic E-state index is 3.46. The molecule has 0 saturated heterocycles. The van der Waals surface area contributed by atoms with Gasteiger partial charge in [-0.2, -0.15) is 0 Å². The molecule has 0 fully saturated rings. The molecule has 1 unspecified atom stereocenters. The molecule has 1 nitrogen and oxygen atoms in total. The first kappa shape index (κ1) is 14.1. The summed E-state index contributed by atoms with van der Waals surface area (Å²) in [6.07, 6.45) is 0. The van der Waals surface area contributed by atoms with Crippen LogP contribution in [0, 0.1) is 6.92 Å². The fraction of sp³-hybridized carbons (Fsp3) is 0.286. The van der Waals surface area contributed by atoms with E-state index in [1.807, 2.05) is 30.1 Å². The van der Waals surface area contributed by atoms with E-state index < -0.39 is 0 Å². The van der Waals surface area contributed by atoms with E-state index in [0.29, 0.717) is 6.04 Å². The second kappa shape index (κ2) is 6.75. The summed E-state index contributed by atoms with van der Waals surface area (Å²) in [6.45, 7) is 2.16. The van der Waals surface area contributed by atoms with Gasteiger partial charge in [0.15, 0.2) is 0 Å². The fourth-order valence-corrected chi connectivity index (χ4v) is 4.05. The molecule has 1 aromatic heterocycles. The second-order valence-corrected chi connectivity index (χ2v) is 7.38. The van der Waals surface area contributed by atoms with E-state index in [-0.39, 0.29) is 0 Å². The van der Waals surface area contributed by atoms with Crippen LogP contribution in [0.1, 0.15) is 15.8 Å². The number of rotatable bonds is 5. The van der Waals surface area contributed by atoms with Crippen molar-refractivity contribution in [1.82, 2.24) is 5.32 Å². The van der Waals surface area contributed by atoms with Crippen LogP contribution in [-0.2, 0) is 0 Å². The molecule has 0 aliphatic rings. The Morgan fingerprint density at radius 3 is 2.50 bits per heavy atom. The van der Waals surface area contributed by atoms with Crippen LogP contribution >= 0.6 is 39.0 Å². The molecular formula is C14H16BrNS2. The number of hydrogen-bond acceptors (Lipinski definition) is 3. The van der Waals surface area contributed by atoms with Crippen molar-refractivity contribution in [2.75, 3.05) is 12.8 Å². The number of benzene rings is 1. The van der Waals surface area contributed by atoms with Gasteiger partial charge in [0.25, 0.3) is 0 Å². The maximum absolute atomic E-state index is 3.46. The highest BCUT2D eigenvalue weighted by atomic mass is 79.9. The second-order valence-electron chi connectivity index (χ2n) is 4.05. The zero-order chi connectivity index (χ0) is 13.0. The van der Waals surface area contributed by atoms with E-state index in [4.69, 9.17) is 0 Å². The molecule has 2 aromatic rings. The molecule has 0 radical (unpaired) electrons. The average Bonchev–Trinajstić information content (AvgIpc) is 2.79. The van der Waals surface area contributed by atoms with Gasteiger partial charge in [-0.05, 0) is 50.4 Å². The molecule has 0 spiro atoms. The normalized spacial score (nSPS) is 12.6. The molecule has 96 valence electrons. The number of hydrogen-bond donors (Lipinski definition) is 1. The minimum atomic E-state index is 0.428. The van der Waals surface area contributed by atoms with Gasteiger partial charge in [-0.3, -0.25) is 0 Å². The minimum Gasteiger partial charge on any atom is -0.312 e. The fourth-order valence-electron chi connectivity index (χ4n) is 1.66. The Hall–Kier alpha value is -0.290. The van der Waals surface area contributed by atoms with Gasteiger partial charge in [0.1, 0.15) is 0 Å². The van der Waals surface area contributed by atoms with Crippen molar-refractivity contribution in [3.05, 3.63) is 50.6 Å². The molecule has 4 heteroatoms. The molecular weight excluding hydrogens is 326 g/mol. The Balaban J connectivity index is 1.97. The van der Waals surface area contributed by atoms with E-state index >= 15 is 0 Å². The third kappa shape index (κ3) is 3.85. The highest BCUT2D eigenvalue weighted by Gasteiger charge is 2.11. The molecule has 18 heavy (non-hydrogen) atoms. The van der Waals surface area contributed by atoms with E-state index in [0.717, 1.165) is 10.2 Å². The van der Waals surface area contributed by atoms with Crippen LogP contribution in [0.5, 0.6) is 0 Å². The first-order valence-electron chi connectivity index (χ1n) is 5.81. The van der Waals surface area contributed by atoms with E-state index in [1.165, 1.54) is 14.6 Å². The first-order valence-corrected chi connectivity index (χ1v) is 8.40. The molecule has 0 bridgehead atoms. The zero-order valence-electron chi connectivity index (χ0n) is 10.4. The largest absolute Gasteiger partial charge is 0.312 e. The molecule has 0 amide bonds. The average molecular weight is 342 g/mol. The Kier molecular flexibility index (Phi) is 5.30. The van der Waals surface area contributed by atoms with Gasteiger partial charge in [-0.25, -0.2) is 0 Å². The van der Waals surface area contributed by atoms with Gasteiger partial charge in [0.2, 0.25) is 0 Å². The van der Waals surface area contributed by atoms with Crippen molar-refractivity contribution in [3.8, 4) is 0 Å². The van der Waals surface area contributed by atoms with Crippen LogP contribution in [0.3, 0.4) is 0 Å². The van der Waals surface area contributed by atoms with Crippen molar-refractivity contribution in [2.24, 2.45) is 0 Å². The summed E-state index contributed by atoms with van der Waals surface area (Å²) in [7, 11) is 2.03. The van der Waals surface area contributed by atoms with Gasteiger partial charge in [0, 0.05) is 24.9 Å². The lowest BCUT2D eigenvalue weighted by molar-refractivity contribution is 0.673. The monoisotopic (exact) mass is 341 g/mol. The summed E-state index contributed by atoms with van der Waals surface area (Å²) < 4.78 is 1.13. The van der Waals surface area contributed by atoms with Gasteiger partial charge in [-0.15, -0.1) is 23.1 Å². The molecule has 2 rings (SSSR count). The van der Waals surface area contributed by atoms with Gasteiger partial charge in [0.05, 0.1) is 6.04 Å². The summed E-state index contributed by atoms with van der Waals surface area (Å²) in [4.78, 5) is 4.10. The van der Waals surface area contributed by atoms with Crippen LogP contribution in [-0.4, -0.2) is 12.8 Å². The van der Waals surface area contributed by atoms with Crippen molar-refractivity contribution in [2.45, 2.75) is 17.9 Å². The maximum Gasteiger partial charge on any atom is 0.0507 e. The Labute approximate surface area is 125 Å². The summed E-state index contributed by atoms with van der Waals surface area (Å²) in [6, 6.07) is 13.3. The smallest absolute Gasteiger partial charge is 0.0507 e. The lowest BCUT2D eigenvalue weighted by atomic mass is 10.3. The molecule has 0 aliphatic heterocycles. The van der Waals surface area contributed by atoms with E-state index in [2.05, 4.69) is 64.6 Å². The molecule has 1 aromatic carbocycles. The SMILES string of the molecule is CNC(CSc1ccc(Br)cc1)c1ccc(C)s1. The van der Waals surface area contributed by atoms with Gasteiger partial charge < -0.3 is 5.32 Å². The zero-order valence-corrected chi connectivity index (χ0v) is 13.7. The minimum absolute atomic E-state index is 0.428. The van der Waals surface area contributed by atoms with Gasteiger partial charge in [-0.1, -0.05) is 15.9 Å². The highest BCUT2D eigenvalue weighted by Crippen LogP contribution is 2.29. The summed E-state index contributed by atoms with van der Waals surface area (Å²) >= 11 is 7.22. The third-order valence-corrected chi connectivity index (χ3v) is 5.43. The highest BCUT2D eigenvalue weighted by molar-refractivity contribution is 9.10. The predicted molar refractivity (Wildman–Crippen MR) is 85.7 cm³/mol. The lowest BCUT2D eigenvalue weighted by Gasteiger charge is -2.14. The Bertz CT molecular complexity index is 493. The molecule has 0 aliphatic carbocycles. The van der Waals surface area contributed by atoms with Crippen molar-refractivity contribution in [1.29, 1.82) is 0 Å². The van der Waals surface area contributed by atoms with Gasteiger partial charge >= 0.3 is 0 Å². The number of halogens is 1. The topological polar surface area (TPSA) is 12.0 Å². The number of thiophene rings is 1. The third-order valence-electron chi connectivity index (χ3n) is 2.68. The number of thioether (sulfide) groups is 1. The molecule has 1 heterocycles. The van der Waals surface area contributed by atoms with E-state index in [9.17, 15) is 0 Å². The standard InChI is InChI=1S/C14H16BrNS2/c1-10-3-8-14(18-10)13(16-2)9-17-12-6-4-11(15)5-7-12/h3-8,13,16H,9H2,1-2H3. The van der Waals surface area contributed by atoms with Crippen LogP contribution in [0.4, 0.5) is 0 Å². The van der Waals surface area contributed by atoms with Crippen molar-refractivity contribution in [3.63, 3.8) is 0 Å².